The summed E-state index contributed by atoms with van der Waals surface area (Å²) in [4.78, 5) is 10.6. The molecule has 0 unspecified atom stereocenters. The van der Waals surface area contributed by atoms with E-state index in [9.17, 15) is 5.11 Å². The lowest BCUT2D eigenvalue weighted by Gasteiger charge is -2.21. The summed E-state index contributed by atoms with van der Waals surface area (Å²) in [6.07, 6.45) is 1.93. The molecule has 10 rings (SSSR count). The smallest absolute Gasteiger partial charge is 0.149 e. The first-order chi connectivity index (χ1) is 30.3. The highest BCUT2D eigenvalue weighted by Crippen LogP contribution is 2.43. The van der Waals surface area contributed by atoms with Crippen LogP contribution < -0.4 is 0 Å². The zero-order chi connectivity index (χ0) is 43.6. The third-order valence-corrected chi connectivity index (χ3v) is 12.5. The molecule has 0 fully saturated rings. The second kappa shape index (κ2) is 15.3. The van der Waals surface area contributed by atoms with Crippen molar-refractivity contribution in [2.45, 2.75) is 59.3 Å². The monoisotopic (exact) mass is 817 g/mol. The Bertz CT molecular complexity index is 3360. The number of phenolic OH excluding ortho intramolecular Hbond substituents is 1. The maximum atomic E-state index is 11.7. The van der Waals surface area contributed by atoms with Crippen molar-refractivity contribution in [3.05, 3.63) is 193 Å². The summed E-state index contributed by atoms with van der Waals surface area (Å²) < 4.78 is 2.24. The summed E-state index contributed by atoms with van der Waals surface area (Å²) in [6, 6.07) is 60.6. The third kappa shape index (κ3) is 7.36. The van der Waals surface area contributed by atoms with Crippen molar-refractivity contribution < 1.29 is 5.11 Å². The number of hydrogen-bond acceptors (Lipinski definition) is 3. The average Bonchev–Trinajstić information content (AvgIpc) is 3.67. The van der Waals surface area contributed by atoms with Crippen LogP contribution in [-0.2, 0) is 10.8 Å². The van der Waals surface area contributed by atoms with Crippen LogP contribution in [0.4, 0.5) is 0 Å². The van der Waals surface area contributed by atoms with Crippen molar-refractivity contribution in [1.82, 2.24) is 14.5 Å². The molecule has 0 saturated carbocycles. The van der Waals surface area contributed by atoms with Gasteiger partial charge in [-0.1, -0.05) is 145 Å². The minimum absolute atomic E-state index is 0.0135. The summed E-state index contributed by atoms with van der Waals surface area (Å²) in [6.45, 7) is 15.5. The van der Waals surface area contributed by atoms with Crippen molar-refractivity contribution in [2.24, 2.45) is 0 Å². The molecule has 308 valence electrons. The van der Waals surface area contributed by atoms with Crippen molar-refractivity contribution in [1.29, 1.82) is 0 Å². The van der Waals surface area contributed by atoms with Gasteiger partial charge in [-0.3, -0.25) is 9.55 Å². The van der Waals surface area contributed by atoms with Gasteiger partial charge in [-0.2, -0.15) is 0 Å². The lowest BCUT2D eigenvalue weighted by molar-refractivity contribution is 0.475. The van der Waals surface area contributed by atoms with E-state index in [4.69, 9.17) is 9.97 Å². The number of aryl methyl sites for hydroxylation is 1. The standard InChI is InChI=1S/C59H51N3O/c1-37-30-49(55-51(31-37)48(28-29-60-55)39-15-9-8-10-16-39)42-18-13-19-43(33-42)50-34-44(41-21-20-38-14-11-12-17-40(38)32-41)35-53-56(50)61-57(52-36-46(59(5,6)7)24-27-54(52)63)62(53)47-25-22-45(23-26-47)58(2,3)4/h8-36,63H,1-7H3. The van der Waals surface area contributed by atoms with Gasteiger partial charge in [0.05, 0.1) is 22.1 Å². The number of imidazole rings is 1. The molecule has 2 heterocycles. The summed E-state index contributed by atoms with van der Waals surface area (Å²) >= 11 is 0. The van der Waals surface area contributed by atoms with E-state index in [0.29, 0.717) is 11.4 Å². The molecule has 0 aliphatic carbocycles. The van der Waals surface area contributed by atoms with Crippen LogP contribution in [-0.4, -0.2) is 19.6 Å². The van der Waals surface area contributed by atoms with Crippen LogP contribution in [0.1, 0.15) is 58.2 Å². The molecule has 10 aromatic rings. The summed E-state index contributed by atoms with van der Waals surface area (Å²) in [5.41, 5.74) is 16.6. The SMILES string of the molecule is Cc1cc(-c2cccc(-c3cc(-c4ccc5ccccc5c4)cc4c3nc(-c3cc(C(C)(C)C)ccc3O)n4-c3ccc(C(C)(C)C)cc3)c2)c2nccc(-c3ccccc3)c2c1. The molecule has 0 atom stereocenters. The number of phenols is 1. The molecule has 4 nitrogen and oxygen atoms in total. The molecule has 8 aromatic carbocycles. The van der Waals surface area contributed by atoms with Crippen LogP contribution in [0, 0.1) is 6.92 Å². The van der Waals surface area contributed by atoms with Crippen LogP contribution in [0.5, 0.6) is 5.75 Å². The number of rotatable bonds is 6. The lowest BCUT2D eigenvalue weighted by Crippen LogP contribution is -2.11. The predicted molar refractivity (Wildman–Crippen MR) is 265 cm³/mol. The first-order valence-corrected chi connectivity index (χ1v) is 21.9. The van der Waals surface area contributed by atoms with E-state index in [2.05, 4.69) is 211 Å². The van der Waals surface area contributed by atoms with Crippen LogP contribution in [0.3, 0.4) is 0 Å². The van der Waals surface area contributed by atoms with Gasteiger partial charge < -0.3 is 5.11 Å². The first kappa shape index (κ1) is 39.8. The molecule has 2 aromatic heterocycles. The molecule has 0 radical (unpaired) electrons. The number of fused-ring (bicyclic) bond motifs is 3. The Hall–Kier alpha value is -7.30. The first-order valence-electron chi connectivity index (χ1n) is 21.9. The molecule has 0 saturated heterocycles. The van der Waals surface area contributed by atoms with Crippen molar-refractivity contribution in [2.75, 3.05) is 0 Å². The maximum Gasteiger partial charge on any atom is 0.149 e. The molecule has 0 amide bonds. The maximum absolute atomic E-state index is 11.7. The normalized spacial score (nSPS) is 12.1. The van der Waals surface area contributed by atoms with Gasteiger partial charge in [0.15, 0.2) is 0 Å². The second-order valence-electron chi connectivity index (χ2n) is 19.0. The number of nitrogens with zero attached hydrogens (tertiary/aromatic N) is 3. The quantitative estimate of drug-likeness (QED) is 0.182. The topological polar surface area (TPSA) is 50.9 Å². The number of aromatic hydroxyl groups is 1. The van der Waals surface area contributed by atoms with Gasteiger partial charge in [-0.15, -0.1) is 0 Å². The van der Waals surface area contributed by atoms with E-state index in [1.807, 2.05) is 18.3 Å². The number of aromatic nitrogens is 3. The molecule has 0 bridgehead atoms. The Kier molecular flexibility index (Phi) is 9.64. The highest BCUT2D eigenvalue weighted by atomic mass is 16.3. The highest BCUT2D eigenvalue weighted by molar-refractivity contribution is 6.04. The summed E-state index contributed by atoms with van der Waals surface area (Å²) in [7, 11) is 0. The fraction of sp³-hybridized carbons (Fsp3) is 0.153. The molecule has 0 aliphatic rings. The van der Waals surface area contributed by atoms with Crippen LogP contribution >= 0.6 is 0 Å². The second-order valence-corrected chi connectivity index (χ2v) is 19.0. The Morgan fingerprint density at radius 3 is 1.86 bits per heavy atom. The van der Waals surface area contributed by atoms with Gasteiger partial charge in [0.25, 0.3) is 0 Å². The number of benzene rings is 8. The third-order valence-electron chi connectivity index (χ3n) is 12.5. The van der Waals surface area contributed by atoms with Crippen LogP contribution in [0.25, 0.3) is 94.3 Å². The zero-order valence-electron chi connectivity index (χ0n) is 37.0. The van der Waals surface area contributed by atoms with Gasteiger partial charge >= 0.3 is 0 Å². The summed E-state index contributed by atoms with van der Waals surface area (Å²) in [5, 5.41) is 15.2. The Balaban J connectivity index is 1.26. The van der Waals surface area contributed by atoms with Gasteiger partial charge in [0, 0.05) is 28.4 Å². The van der Waals surface area contributed by atoms with E-state index < -0.39 is 0 Å². The van der Waals surface area contributed by atoms with Crippen molar-refractivity contribution >= 4 is 32.7 Å². The van der Waals surface area contributed by atoms with E-state index >= 15 is 0 Å². The largest absolute Gasteiger partial charge is 0.507 e. The van der Waals surface area contributed by atoms with Gasteiger partial charge in [-0.05, 0) is 145 Å². The lowest BCUT2D eigenvalue weighted by atomic mass is 9.86. The number of hydrogen-bond donors (Lipinski definition) is 1. The van der Waals surface area contributed by atoms with Gasteiger partial charge in [0.2, 0.25) is 0 Å². The Labute approximate surface area is 370 Å². The van der Waals surface area contributed by atoms with E-state index in [1.54, 1.807) is 0 Å². The fourth-order valence-corrected chi connectivity index (χ4v) is 9.01. The van der Waals surface area contributed by atoms with E-state index in [-0.39, 0.29) is 16.6 Å². The fourth-order valence-electron chi connectivity index (χ4n) is 9.01. The highest BCUT2D eigenvalue weighted by Gasteiger charge is 2.25. The summed E-state index contributed by atoms with van der Waals surface area (Å²) in [5.74, 6) is 0.880. The van der Waals surface area contributed by atoms with Crippen LogP contribution in [0.2, 0.25) is 0 Å². The molecule has 4 heteroatoms. The predicted octanol–water partition coefficient (Wildman–Crippen LogP) is 15.7. The van der Waals surface area contributed by atoms with Gasteiger partial charge in [0.1, 0.15) is 11.6 Å². The molecule has 0 spiro atoms. The Morgan fingerprint density at radius 1 is 0.460 bits per heavy atom. The van der Waals surface area contributed by atoms with Gasteiger partial charge in [-0.25, -0.2) is 4.98 Å². The molecule has 0 aliphatic heterocycles. The zero-order valence-corrected chi connectivity index (χ0v) is 37.0. The molecular formula is C59H51N3O. The average molecular weight is 818 g/mol. The minimum atomic E-state index is -0.140. The minimum Gasteiger partial charge on any atom is -0.507 e. The van der Waals surface area contributed by atoms with E-state index in [0.717, 1.165) is 66.6 Å². The van der Waals surface area contributed by atoms with Crippen molar-refractivity contribution in [3.8, 4) is 67.3 Å². The van der Waals surface area contributed by atoms with Crippen LogP contribution in [0.15, 0.2) is 176 Å². The Morgan fingerprint density at radius 2 is 1.13 bits per heavy atom. The molecular weight excluding hydrogens is 767 g/mol. The molecule has 1 N–H and O–H groups in total. The number of pyridine rings is 1. The van der Waals surface area contributed by atoms with Crippen molar-refractivity contribution in [3.63, 3.8) is 0 Å². The molecule has 63 heavy (non-hydrogen) atoms. The van der Waals surface area contributed by atoms with E-state index in [1.165, 1.54) is 33.0 Å².